The van der Waals surface area contributed by atoms with Crippen molar-refractivity contribution in [3.8, 4) is 0 Å². The van der Waals surface area contributed by atoms with Gasteiger partial charge in [0.25, 0.3) is 0 Å². The highest BCUT2D eigenvalue weighted by Crippen LogP contribution is 2.29. The van der Waals surface area contributed by atoms with Crippen LogP contribution in [0, 0.1) is 0 Å². The van der Waals surface area contributed by atoms with E-state index in [2.05, 4.69) is 83.8 Å². The van der Waals surface area contributed by atoms with E-state index in [4.69, 9.17) is 0 Å². The van der Waals surface area contributed by atoms with E-state index in [9.17, 15) is 0 Å². The molecule has 2 nitrogen and oxygen atoms in total. The van der Waals surface area contributed by atoms with E-state index in [1.807, 2.05) is 0 Å². The molecule has 1 aromatic rings. The van der Waals surface area contributed by atoms with Gasteiger partial charge in [0.15, 0.2) is 0 Å². The Morgan fingerprint density at radius 3 is 2.80 bits per heavy atom. The maximum Gasteiger partial charge on any atom is 0.0413 e. The lowest BCUT2D eigenvalue weighted by Crippen LogP contribution is -2.39. The molecule has 1 saturated heterocycles. The smallest absolute Gasteiger partial charge is 0.0413 e. The minimum atomic E-state index is 0.143. The third-order valence-corrected chi connectivity index (χ3v) is 5.06. The van der Waals surface area contributed by atoms with Gasteiger partial charge in [-0.3, -0.25) is 0 Å². The van der Waals surface area contributed by atoms with Crippen molar-refractivity contribution in [1.29, 1.82) is 0 Å². The molecule has 1 aliphatic rings. The molecule has 0 amide bonds. The summed E-state index contributed by atoms with van der Waals surface area (Å²) < 4.78 is 1.16. The van der Waals surface area contributed by atoms with Gasteiger partial charge in [-0.15, -0.1) is 0 Å². The van der Waals surface area contributed by atoms with Crippen molar-refractivity contribution < 1.29 is 0 Å². The Balaban J connectivity index is 2.18. The first-order valence-electron chi connectivity index (χ1n) is 7.25. The summed E-state index contributed by atoms with van der Waals surface area (Å²) in [6.45, 7) is 12.2. The standard InChI is InChI=1S/C16H25BrN2S/c1-12-11-19(7-8-20-12)15-6-5-14(17)9-13(15)10-18-16(2,3)4/h5-6,9,12,18H,7-8,10-11H2,1-4H3. The number of benzene rings is 1. The zero-order valence-corrected chi connectivity index (χ0v) is 15.3. The number of rotatable bonds is 3. The molecule has 112 valence electrons. The molecule has 0 aromatic heterocycles. The highest BCUT2D eigenvalue weighted by Gasteiger charge is 2.20. The lowest BCUT2D eigenvalue weighted by molar-refractivity contribution is 0.424. The molecule has 1 fully saturated rings. The Hall–Kier alpha value is -0.190. The van der Waals surface area contributed by atoms with Crippen LogP contribution in [0.3, 0.4) is 0 Å². The zero-order valence-electron chi connectivity index (χ0n) is 12.9. The minimum absolute atomic E-state index is 0.143. The lowest BCUT2D eigenvalue weighted by Gasteiger charge is -2.34. The van der Waals surface area contributed by atoms with Gasteiger partial charge in [-0.1, -0.05) is 22.9 Å². The van der Waals surface area contributed by atoms with Crippen molar-refractivity contribution in [1.82, 2.24) is 5.32 Å². The van der Waals surface area contributed by atoms with Crippen LogP contribution in [0.5, 0.6) is 0 Å². The number of anilines is 1. The van der Waals surface area contributed by atoms with Gasteiger partial charge in [0.1, 0.15) is 0 Å². The molecule has 0 aliphatic carbocycles. The third kappa shape index (κ3) is 4.68. The first kappa shape index (κ1) is 16.2. The Morgan fingerprint density at radius 1 is 1.40 bits per heavy atom. The summed E-state index contributed by atoms with van der Waals surface area (Å²) in [5.41, 5.74) is 2.91. The van der Waals surface area contributed by atoms with E-state index in [0.717, 1.165) is 29.4 Å². The molecular formula is C16H25BrN2S. The molecule has 4 heteroatoms. The summed E-state index contributed by atoms with van der Waals surface area (Å²) >= 11 is 5.68. The predicted molar refractivity (Wildman–Crippen MR) is 94.9 cm³/mol. The van der Waals surface area contributed by atoms with Gasteiger partial charge in [0.05, 0.1) is 0 Å². The van der Waals surface area contributed by atoms with Crippen LogP contribution < -0.4 is 10.2 Å². The highest BCUT2D eigenvalue weighted by molar-refractivity contribution is 9.10. The fraction of sp³-hybridized carbons (Fsp3) is 0.625. The van der Waals surface area contributed by atoms with Gasteiger partial charge in [-0.2, -0.15) is 11.8 Å². The van der Waals surface area contributed by atoms with Crippen LogP contribution >= 0.6 is 27.7 Å². The van der Waals surface area contributed by atoms with Gasteiger partial charge in [-0.25, -0.2) is 0 Å². The van der Waals surface area contributed by atoms with Crippen molar-refractivity contribution in [2.24, 2.45) is 0 Å². The van der Waals surface area contributed by atoms with Crippen molar-refractivity contribution >= 4 is 33.4 Å². The maximum atomic E-state index is 3.60. The Morgan fingerprint density at radius 2 is 2.15 bits per heavy atom. The quantitative estimate of drug-likeness (QED) is 0.869. The molecule has 1 N–H and O–H groups in total. The van der Waals surface area contributed by atoms with Crippen molar-refractivity contribution in [2.45, 2.75) is 45.0 Å². The normalized spacial score (nSPS) is 20.2. The second-order valence-corrected chi connectivity index (χ2v) is 8.97. The Labute approximate surface area is 135 Å². The molecule has 0 radical (unpaired) electrons. The Bertz CT molecular complexity index is 456. The van der Waals surface area contributed by atoms with E-state index in [1.54, 1.807) is 0 Å². The highest BCUT2D eigenvalue weighted by atomic mass is 79.9. The summed E-state index contributed by atoms with van der Waals surface area (Å²) in [5, 5.41) is 4.32. The topological polar surface area (TPSA) is 15.3 Å². The average Bonchev–Trinajstić information content (AvgIpc) is 2.35. The number of thioether (sulfide) groups is 1. The molecule has 0 spiro atoms. The summed E-state index contributed by atoms with van der Waals surface area (Å²) in [7, 11) is 0. The molecule has 20 heavy (non-hydrogen) atoms. The van der Waals surface area contributed by atoms with Crippen LogP contribution in [0.2, 0.25) is 0 Å². The van der Waals surface area contributed by atoms with E-state index in [-0.39, 0.29) is 5.54 Å². The summed E-state index contributed by atoms with van der Waals surface area (Å²) in [5.74, 6) is 1.23. The second kappa shape index (κ2) is 6.71. The molecule has 1 aliphatic heterocycles. The van der Waals surface area contributed by atoms with E-state index >= 15 is 0 Å². The van der Waals surface area contributed by atoms with Gasteiger partial charge in [0.2, 0.25) is 0 Å². The average molecular weight is 357 g/mol. The van der Waals surface area contributed by atoms with Crippen LogP contribution in [-0.2, 0) is 6.54 Å². The van der Waals surface area contributed by atoms with Crippen molar-refractivity contribution in [2.75, 3.05) is 23.7 Å². The van der Waals surface area contributed by atoms with Crippen LogP contribution in [0.1, 0.15) is 33.3 Å². The number of nitrogens with zero attached hydrogens (tertiary/aromatic N) is 1. The zero-order chi connectivity index (χ0) is 14.8. The van der Waals surface area contributed by atoms with Gasteiger partial charge < -0.3 is 10.2 Å². The molecule has 0 bridgehead atoms. The maximum absolute atomic E-state index is 3.60. The number of nitrogens with one attached hydrogen (secondary N) is 1. The number of halogens is 1. The Kier molecular flexibility index (Phi) is 5.43. The van der Waals surface area contributed by atoms with E-state index in [0.29, 0.717) is 0 Å². The molecule has 1 unspecified atom stereocenters. The second-order valence-electron chi connectivity index (χ2n) is 6.50. The van der Waals surface area contributed by atoms with E-state index < -0.39 is 0 Å². The third-order valence-electron chi connectivity index (χ3n) is 3.43. The predicted octanol–water partition coefficient (Wildman–Crippen LogP) is 4.28. The lowest BCUT2D eigenvalue weighted by atomic mass is 10.1. The fourth-order valence-corrected chi connectivity index (χ4v) is 3.82. The van der Waals surface area contributed by atoms with Gasteiger partial charge in [-0.05, 0) is 44.5 Å². The van der Waals surface area contributed by atoms with Gasteiger partial charge >= 0.3 is 0 Å². The van der Waals surface area contributed by atoms with E-state index in [1.165, 1.54) is 17.0 Å². The minimum Gasteiger partial charge on any atom is -0.369 e. The SMILES string of the molecule is CC1CN(c2ccc(Br)cc2CNC(C)(C)C)CCS1. The number of hydrogen-bond acceptors (Lipinski definition) is 3. The first-order chi connectivity index (χ1) is 9.35. The van der Waals surface area contributed by atoms with Gasteiger partial charge in [0, 0.05) is 46.3 Å². The largest absolute Gasteiger partial charge is 0.369 e. The summed E-state index contributed by atoms with van der Waals surface area (Å²) in [6, 6.07) is 6.66. The summed E-state index contributed by atoms with van der Waals surface area (Å²) in [6.07, 6.45) is 0. The molecule has 0 saturated carbocycles. The van der Waals surface area contributed by atoms with Crippen LogP contribution in [0.15, 0.2) is 22.7 Å². The monoisotopic (exact) mass is 356 g/mol. The molecule has 1 heterocycles. The van der Waals surface area contributed by atoms with Crippen molar-refractivity contribution in [3.63, 3.8) is 0 Å². The molecule has 1 atom stereocenters. The summed E-state index contributed by atoms with van der Waals surface area (Å²) in [4.78, 5) is 2.54. The van der Waals surface area contributed by atoms with Crippen LogP contribution in [0.25, 0.3) is 0 Å². The molecule has 2 rings (SSSR count). The van der Waals surface area contributed by atoms with Crippen LogP contribution in [0.4, 0.5) is 5.69 Å². The van der Waals surface area contributed by atoms with Crippen molar-refractivity contribution in [3.05, 3.63) is 28.2 Å². The number of hydrogen-bond donors (Lipinski definition) is 1. The molecule has 1 aromatic carbocycles. The first-order valence-corrected chi connectivity index (χ1v) is 9.09. The molecular weight excluding hydrogens is 332 g/mol. The fourth-order valence-electron chi connectivity index (χ4n) is 2.40. The van der Waals surface area contributed by atoms with Crippen LogP contribution in [-0.4, -0.2) is 29.6 Å².